The van der Waals surface area contributed by atoms with E-state index in [1.165, 1.54) is 11.8 Å². The minimum absolute atomic E-state index is 0.118. The molecule has 2 atom stereocenters. The fourth-order valence-corrected chi connectivity index (χ4v) is 3.17. The Hall–Kier alpha value is -1.34. The number of thioether (sulfide) groups is 1. The highest BCUT2D eigenvalue weighted by atomic mass is 32.2. The van der Waals surface area contributed by atoms with Gasteiger partial charge in [0.2, 0.25) is 0 Å². The van der Waals surface area contributed by atoms with Gasteiger partial charge >= 0.3 is 5.69 Å². The van der Waals surface area contributed by atoms with Crippen molar-refractivity contribution in [2.75, 3.05) is 12.8 Å². The molecule has 0 spiro atoms. The van der Waals surface area contributed by atoms with Crippen molar-refractivity contribution in [2.45, 2.75) is 37.3 Å². The fourth-order valence-electron chi connectivity index (χ4n) is 2.54. The van der Waals surface area contributed by atoms with Crippen LogP contribution in [0.15, 0.2) is 9.82 Å². The Morgan fingerprint density at radius 1 is 1.55 bits per heavy atom. The number of aryl methyl sites for hydroxylation is 1. The molecule has 1 aromatic heterocycles. The van der Waals surface area contributed by atoms with Crippen molar-refractivity contribution < 1.29 is 9.90 Å². The molecule has 0 bridgehead atoms. The Morgan fingerprint density at radius 2 is 2.30 bits per heavy atom. The second-order valence-electron chi connectivity index (χ2n) is 5.02. The normalized spacial score (nSPS) is 21.9. The van der Waals surface area contributed by atoms with E-state index in [1.54, 1.807) is 13.2 Å². The van der Waals surface area contributed by atoms with Gasteiger partial charge in [0.1, 0.15) is 5.03 Å². The van der Waals surface area contributed by atoms with Gasteiger partial charge in [0.15, 0.2) is 0 Å². The standard InChI is InChI=1S/C13H19N3O3S/c1-7-10(12(20-2)16-13(19)15-7)11(18)14-6-8-4-3-5-9(8)17/h8-9,17H,3-6H2,1-2H3,(H,14,18)(H,15,16,19). The number of nitrogens with zero attached hydrogens (tertiary/aromatic N) is 1. The molecule has 1 aromatic rings. The zero-order chi connectivity index (χ0) is 14.7. The molecule has 1 fully saturated rings. The second-order valence-corrected chi connectivity index (χ2v) is 5.81. The first-order valence-corrected chi connectivity index (χ1v) is 7.86. The number of amides is 1. The van der Waals surface area contributed by atoms with E-state index in [0.717, 1.165) is 19.3 Å². The van der Waals surface area contributed by atoms with Gasteiger partial charge in [0, 0.05) is 18.2 Å². The van der Waals surface area contributed by atoms with Gasteiger partial charge in [0.25, 0.3) is 5.91 Å². The number of aliphatic hydroxyl groups excluding tert-OH is 1. The molecular formula is C13H19N3O3S. The van der Waals surface area contributed by atoms with E-state index in [9.17, 15) is 14.7 Å². The minimum atomic E-state index is -0.449. The van der Waals surface area contributed by atoms with Gasteiger partial charge < -0.3 is 15.4 Å². The quantitative estimate of drug-likeness (QED) is 0.561. The van der Waals surface area contributed by atoms with Crippen LogP contribution in [0.1, 0.15) is 35.3 Å². The minimum Gasteiger partial charge on any atom is -0.393 e. The Labute approximate surface area is 121 Å². The predicted octanol–water partition coefficient (Wildman–Crippen LogP) is 0.691. The van der Waals surface area contributed by atoms with Crippen molar-refractivity contribution in [1.29, 1.82) is 0 Å². The smallest absolute Gasteiger partial charge is 0.346 e. The zero-order valence-corrected chi connectivity index (χ0v) is 12.4. The molecule has 6 nitrogen and oxygen atoms in total. The van der Waals surface area contributed by atoms with Gasteiger partial charge in [-0.2, -0.15) is 4.98 Å². The van der Waals surface area contributed by atoms with E-state index >= 15 is 0 Å². The summed E-state index contributed by atoms with van der Waals surface area (Å²) in [7, 11) is 0. The lowest BCUT2D eigenvalue weighted by molar-refractivity contribution is 0.0912. The van der Waals surface area contributed by atoms with Crippen molar-refractivity contribution in [3.05, 3.63) is 21.7 Å². The number of hydrogen-bond donors (Lipinski definition) is 3. The van der Waals surface area contributed by atoms with E-state index < -0.39 is 5.69 Å². The zero-order valence-electron chi connectivity index (χ0n) is 11.6. The van der Waals surface area contributed by atoms with E-state index in [1.807, 2.05) is 0 Å². The number of rotatable bonds is 4. The average molecular weight is 297 g/mol. The number of aliphatic hydroxyl groups is 1. The summed E-state index contributed by atoms with van der Waals surface area (Å²) in [5.41, 5.74) is 0.470. The topological polar surface area (TPSA) is 95.1 Å². The van der Waals surface area contributed by atoms with Gasteiger partial charge in [-0.15, -0.1) is 11.8 Å². The Kier molecular flexibility index (Phi) is 4.82. The molecule has 110 valence electrons. The molecule has 1 aliphatic carbocycles. The molecule has 2 rings (SSSR count). The number of aromatic amines is 1. The molecule has 1 amide bonds. The van der Waals surface area contributed by atoms with E-state index in [0.29, 0.717) is 22.8 Å². The highest BCUT2D eigenvalue weighted by Gasteiger charge is 2.26. The van der Waals surface area contributed by atoms with Crippen LogP contribution >= 0.6 is 11.8 Å². The lowest BCUT2D eigenvalue weighted by Crippen LogP contribution is -2.34. The maximum Gasteiger partial charge on any atom is 0.346 e. The van der Waals surface area contributed by atoms with Crippen LogP contribution in [0.25, 0.3) is 0 Å². The van der Waals surface area contributed by atoms with Crippen LogP contribution in [-0.4, -0.2) is 39.9 Å². The van der Waals surface area contributed by atoms with Gasteiger partial charge in [-0.3, -0.25) is 4.79 Å². The fraction of sp³-hybridized carbons (Fsp3) is 0.615. The SMILES string of the molecule is CSc1nc(=O)[nH]c(C)c1C(=O)NCC1CCCC1O. The largest absolute Gasteiger partial charge is 0.393 e. The van der Waals surface area contributed by atoms with Crippen LogP contribution in [0.5, 0.6) is 0 Å². The first-order chi connectivity index (χ1) is 9.52. The molecule has 1 aliphatic rings. The van der Waals surface area contributed by atoms with E-state index in [4.69, 9.17) is 0 Å². The van der Waals surface area contributed by atoms with Gasteiger partial charge in [-0.25, -0.2) is 4.79 Å². The summed E-state index contributed by atoms with van der Waals surface area (Å²) in [6.07, 6.45) is 4.18. The predicted molar refractivity (Wildman–Crippen MR) is 77.1 cm³/mol. The number of carbonyl (C=O) groups is 1. The van der Waals surface area contributed by atoms with Crippen LogP contribution in [0.4, 0.5) is 0 Å². The summed E-state index contributed by atoms with van der Waals surface area (Å²) in [6.45, 7) is 2.13. The molecule has 0 aliphatic heterocycles. The number of hydrogen-bond acceptors (Lipinski definition) is 5. The third-order valence-corrected chi connectivity index (χ3v) is 4.33. The van der Waals surface area contributed by atoms with Gasteiger partial charge in [0.05, 0.1) is 11.7 Å². The van der Waals surface area contributed by atoms with E-state index in [-0.39, 0.29) is 17.9 Å². The van der Waals surface area contributed by atoms with Crippen molar-refractivity contribution in [1.82, 2.24) is 15.3 Å². The first kappa shape index (κ1) is 15.1. The average Bonchev–Trinajstić information content (AvgIpc) is 2.80. The van der Waals surface area contributed by atoms with Gasteiger partial charge in [-0.1, -0.05) is 6.42 Å². The Balaban J connectivity index is 2.11. The molecule has 3 N–H and O–H groups in total. The van der Waals surface area contributed by atoms with Crippen LogP contribution < -0.4 is 11.0 Å². The van der Waals surface area contributed by atoms with Crippen molar-refractivity contribution in [3.8, 4) is 0 Å². The number of H-pyrrole nitrogens is 1. The molecule has 1 heterocycles. The lowest BCUT2D eigenvalue weighted by atomic mass is 10.1. The van der Waals surface area contributed by atoms with Crippen molar-refractivity contribution in [3.63, 3.8) is 0 Å². The number of aromatic nitrogens is 2. The second kappa shape index (κ2) is 6.41. The lowest BCUT2D eigenvalue weighted by Gasteiger charge is -2.16. The molecular weight excluding hydrogens is 278 g/mol. The number of nitrogens with one attached hydrogen (secondary N) is 2. The van der Waals surface area contributed by atoms with Crippen LogP contribution in [-0.2, 0) is 0 Å². The maximum absolute atomic E-state index is 12.3. The molecule has 2 unspecified atom stereocenters. The monoisotopic (exact) mass is 297 g/mol. The van der Waals surface area contributed by atoms with Gasteiger partial charge in [-0.05, 0) is 26.0 Å². The van der Waals surface area contributed by atoms with E-state index in [2.05, 4.69) is 15.3 Å². The number of carbonyl (C=O) groups excluding carboxylic acids is 1. The Bertz CT molecular complexity index is 558. The maximum atomic E-state index is 12.3. The third kappa shape index (κ3) is 3.21. The summed E-state index contributed by atoms with van der Waals surface area (Å²) in [5.74, 6) is -0.137. The van der Waals surface area contributed by atoms with Crippen molar-refractivity contribution in [2.24, 2.45) is 5.92 Å². The first-order valence-electron chi connectivity index (χ1n) is 6.64. The third-order valence-electron chi connectivity index (χ3n) is 3.65. The molecule has 0 radical (unpaired) electrons. The molecule has 20 heavy (non-hydrogen) atoms. The summed E-state index contributed by atoms with van der Waals surface area (Å²) < 4.78 is 0. The molecule has 0 aromatic carbocycles. The highest BCUT2D eigenvalue weighted by Crippen LogP contribution is 2.25. The van der Waals surface area contributed by atoms with Crippen LogP contribution in [0.3, 0.4) is 0 Å². The van der Waals surface area contributed by atoms with Crippen LogP contribution in [0, 0.1) is 12.8 Å². The van der Waals surface area contributed by atoms with Crippen molar-refractivity contribution >= 4 is 17.7 Å². The summed E-state index contributed by atoms with van der Waals surface area (Å²) >= 11 is 1.27. The summed E-state index contributed by atoms with van der Waals surface area (Å²) in [5, 5.41) is 13.0. The highest BCUT2D eigenvalue weighted by molar-refractivity contribution is 7.98. The van der Waals surface area contributed by atoms with Crippen LogP contribution in [0.2, 0.25) is 0 Å². The Morgan fingerprint density at radius 3 is 2.90 bits per heavy atom. The molecule has 7 heteroatoms. The molecule has 0 saturated heterocycles. The summed E-state index contributed by atoms with van der Waals surface area (Å²) in [6, 6.07) is 0. The summed E-state index contributed by atoms with van der Waals surface area (Å²) in [4.78, 5) is 29.9. The molecule has 1 saturated carbocycles.